The van der Waals surface area contributed by atoms with Crippen LogP contribution < -0.4 is 5.43 Å². The molecule has 2 aromatic heterocycles. The van der Waals surface area contributed by atoms with E-state index in [2.05, 4.69) is 10.2 Å². The molecule has 0 atom stereocenters. The van der Waals surface area contributed by atoms with Crippen LogP contribution in [-0.2, 0) is 0 Å². The van der Waals surface area contributed by atoms with Crippen LogP contribution in [-0.4, -0.2) is 10.2 Å². The van der Waals surface area contributed by atoms with Gasteiger partial charge >= 0.3 is 0 Å². The highest BCUT2D eigenvalue weighted by atomic mass is 16.3. The molecule has 0 aliphatic rings. The molecule has 2 heterocycles. The molecule has 4 heteroatoms. The third-order valence-electron chi connectivity index (χ3n) is 2.48. The first kappa shape index (κ1) is 8.23. The lowest BCUT2D eigenvalue weighted by Crippen LogP contribution is -2.01. The van der Waals surface area contributed by atoms with Gasteiger partial charge in [0.05, 0.1) is 5.39 Å². The van der Waals surface area contributed by atoms with Gasteiger partial charge < -0.3 is 4.42 Å². The zero-order valence-electron chi connectivity index (χ0n) is 8.07. The van der Waals surface area contributed by atoms with Gasteiger partial charge in [0.2, 0.25) is 11.1 Å². The summed E-state index contributed by atoms with van der Waals surface area (Å²) in [6.45, 7) is 1.81. The summed E-state index contributed by atoms with van der Waals surface area (Å²) in [6, 6.07) is 7.17. The molecule has 3 aromatic rings. The van der Waals surface area contributed by atoms with E-state index in [1.165, 1.54) is 0 Å². The Balaban J connectivity index is 2.69. The Kier molecular flexibility index (Phi) is 1.48. The molecule has 4 nitrogen and oxygen atoms in total. The minimum atomic E-state index is -0.0295. The number of aryl methyl sites for hydroxylation is 1. The van der Waals surface area contributed by atoms with Gasteiger partial charge in [0.1, 0.15) is 11.0 Å². The van der Waals surface area contributed by atoms with Gasteiger partial charge in [-0.15, -0.1) is 5.10 Å². The fraction of sp³-hybridized carbons (Fsp3) is 0.0909. The number of nitrogens with one attached hydrogen (secondary N) is 1. The van der Waals surface area contributed by atoms with Crippen molar-refractivity contribution in [2.45, 2.75) is 6.92 Å². The number of hydrogen-bond donors (Lipinski definition) is 1. The largest absolute Gasteiger partial charge is 0.436 e. The lowest BCUT2D eigenvalue weighted by molar-refractivity contribution is 0.642. The Morgan fingerprint density at radius 1 is 1.33 bits per heavy atom. The SMILES string of the molecule is Cc1[nH]nc2oc3ccccc3c(=O)c12. The molecule has 74 valence electrons. The number of rotatable bonds is 0. The summed E-state index contributed by atoms with van der Waals surface area (Å²) in [5.74, 6) is 0. The smallest absolute Gasteiger partial charge is 0.249 e. The monoisotopic (exact) mass is 200 g/mol. The van der Waals surface area contributed by atoms with Crippen LogP contribution in [0.25, 0.3) is 22.1 Å². The van der Waals surface area contributed by atoms with Gasteiger partial charge in [0, 0.05) is 5.69 Å². The summed E-state index contributed by atoms with van der Waals surface area (Å²) in [7, 11) is 0. The number of hydrogen-bond acceptors (Lipinski definition) is 3. The molecule has 0 saturated heterocycles. The molecule has 0 aliphatic carbocycles. The molecule has 15 heavy (non-hydrogen) atoms. The Hall–Kier alpha value is -2.10. The minimum Gasteiger partial charge on any atom is -0.436 e. The van der Waals surface area contributed by atoms with Crippen molar-refractivity contribution < 1.29 is 4.42 Å². The van der Waals surface area contributed by atoms with Gasteiger partial charge in [0.25, 0.3) is 0 Å². The zero-order chi connectivity index (χ0) is 10.4. The third kappa shape index (κ3) is 1.01. The summed E-state index contributed by atoms with van der Waals surface area (Å²) < 4.78 is 5.51. The van der Waals surface area contributed by atoms with Gasteiger partial charge in [-0.3, -0.25) is 9.89 Å². The minimum absolute atomic E-state index is 0.0295. The van der Waals surface area contributed by atoms with Crippen LogP contribution in [0.4, 0.5) is 0 Å². The molecule has 0 radical (unpaired) electrons. The number of H-pyrrole nitrogens is 1. The summed E-state index contributed by atoms with van der Waals surface area (Å²) in [5.41, 5.74) is 1.65. The van der Waals surface area contributed by atoms with Crippen LogP contribution >= 0.6 is 0 Å². The van der Waals surface area contributed by atoms with Crippen molar-refractivity contribution in [2.75, 3.05) is 0 Å². The van der Waals surface area contributed by atoms with Gasteiger partial charge in [0.15, 0.2) is 0 Å². The summed E-state index contributed by atoms with van der Waals surface area (Å²) in [5, 5.41) is 7.81. The Labute approximate surface area is 84.5 Å². The molecule has 0 unspecified atom stereocenters. The highest BCUT2D eigenvalue weighted by Crippen LogP contribution is 2.17. The number of fused-ring (bicyclic) bond motifs is 2. The summed E-state index contributed by atoms with van der Waals surface area (Å²) in [4.78, 5) is 12.0. The predicted molar refractivity (Wildman–Crippen MR) is 56.9 cm³/mol. The highest BCUT2D eigenvalue weighted by Gasteiger charge is 2.11. The van der Waals surface area contributed by atoms with Crippen molar-refractivity contribution in [3.63, 3.8) is 0 Å². The Bertz CT molecular complexity index is 709. The molecular weight excluding hydrogens is 192 g/mol. The first-order valence-corrected chi connectivity index (χ1v) is 4.64. The fourth-order valence-corrected chi connectivity index (χ4v) is 1.73. The first-order chi connectivity index (χ1) is 7.27. The maximum Gasteiger partial charge on any atom is 0.249 e. The number of para-hydroxylation sites is 1. The van der Waals surface area contributed by atoms with Crippen molar-refractivity contribution in [3.05, 3.63) is 40.2 Å². The van der Waals surface area contributed by atoms with Gasteiger partial charge in [-0.25, -0.2) is 0 Å². The molecule has 0 bridgehead atoms. The molecule has 0 aliphatic heterocycles. The van der Waals surface area contributed by atoms with E-state index in [1.54, 1.807) is 19.1 Å². The van der Waals surface area contributed by atoms with Crippen LogP contribution in [0.15, 0.2) is 33.5 Å². The van der Waals surface area contributed by atoms with Gasteiger partial charge in [-0.1, -0.05) is 12.1 Å². The average molecular weight is 200 g/mol. The van der Waals surface area contributed by atoms with Crippen molar-refractivity contribution in [3.8, 4) is 0 Å². The molecule has 0 amide bonds. The number of aromatic amines is 1. The third-order valence-corrected chi connectivity index (χ3v) is 2.48. The van der Waals surface area contributed by atoms with E-state index in [1.807, 2.05) is 12.1 Å². The van der Waals surface area contributed by atoms with E-state index >= 15 is 0 Å². The van der Waals surface area contributed by atoms with Crippen LogP contribution in [0.3, 0.4) is 0 Å². The average Bonchev–Trinajstić information content (AvgIpc) is 2.61. The standard InChI is InChI=1S/C11H8N2O2/c1-6-9-10(14)7-4-2-3-5-8(7)15-11(9)13-12-6/h2-5H,1H3,(H,12,13). The van der Waals surface area contributed by atoms with E-state index < -0.39 is 0 Å². The van der Waals surface area contributed by atoms with Crippen LogP contribution in [0.1, 0.15) is 5.69 Å². The van der Waals surface area contributed by atoms with Gasteiger partial charge in [-0.05, 0) is 19.1 Å². The van der Waals surface area contributed by atoms with E-state index in [0.717, 1.165) is 5.69 Å². The van der Waals surface area contributed by atoms with E-state index in [-0.39, 0.29) is 5.43 Å². The van der Waals surface area contributed by atoms with Crippen LogP contribution in [0.5, 0.6) is 0 Å². The Morgan fingerprint density at radius 3 is 3.00 bits per heavy atom. The molecule has 3 rings (SSSR count). The van der Waals surface area contributed by atoms with Gasteiger partial charge in [-0.2, -0.15) is 0 Å². The Morgan fingerprint density at radius 2 is 2.13 bits per heavy atom. The predicted octanol–water partition coefficient (Wildman–Crippen LogP) is 1.98. The second-order valence-electron chi connectivity index (χ2n) is 3.46. The van der Waals surface area contributed by atoms with Crippen molar-refractivity contribution >= 4 is 22.1 Å². The zero-order valence-corrected chi connectivity index (χ0v) is 8.07. The fourth-order valence-electron chi connectivity index (χ4n) is 1.73. The van der Waals surface area contributed by atoms with E-state index in [0.29, 0.717) is 22.1 Å². The number of benzene rings is 1. The maximum atomic E-state index is 12.0. The van der Waals surface area contributed by atoms with Crippen molar-refractivity contribution in [1.29, 1.82) is 0 Å². The van der Waals surface area contributed by atoms with Crippen LogP contribution in [0.2, 0.25) is 0 Å². The second kappa shape index (κ2) is 2.70. The van der Waals surface area contributed by atoms with Crippen LogP contribution in [0, 0.1) is 6.92 Å². The molecule has 0 spiro atoms. The van der Waals surface area contributed by atoms with Crippen molar-refractivity contribution in [1.82, 2.24) is 10.2 Å². The molecule has 1 aromatic carbocycles. The number of nitrogens with zero attached hydrogens (tertiary/aromatic N) is 1. The highest BCUT2D eigenvalue weighted by molar-refractivity contribution is 5.89. The normalized spacial score (nSPS) is 11.3. The van der Waals surface area contributed by atoms with E-state index in [4.69, 9.17) is 4.42 Å². The lowest BCUT2D eigenvalue weighted by Gasteiger charge is -1.95. The molecule has 0 fully saturated rings. The van der Waals surface area contributed by atoms with E-state index in [9.17, 15) is 4.79 Å². The molecular formula is C11H8N2O2. The lowest BCUT2D eigenvalue weighted by atomic mass is 10.2. The summed E-state index contributed by atoms with van der Waals surface area (Å²) in [6.07, 6.45) is 0. The second-order valence-corrected chi connectivity index (χ2v) is 3.46. The summed E-state index contributed by atoms with van der Waals surface area (Å²) >= 11 is 0. The topological polar surface area (TPSA) is 58.9 Å². The molecule has 1 N–H and O–H groups in total. The van der Waals surface area contributed by atoms with Crippen molar-refractivity contribution in [2.24, 2.45) is 0 Å². The maximum absolute atomic E-state index is 12.0. The quantitative estimate of drug-likeness (QED) is 0.603. The first-order valence-electron chi connectivity index (χ1n) is 4.64. The number of aromatic nitrogens is 2. The molecule has 0 saturated carbocycles.